The first-order chi connectivity index (χ1) is 19.0. The number of rotatable bonds is 12. The number of carbonyl (C=O) groups excluding carboxylic acids is 2. The Morgan fingerprint density at radius 2 is 1.65 bits per heavy atom. The molecule has 40 heavy (non-hydrogen) atoms. The minimum atomic E-state index is -4.11. The Labute approximate surface area is 238 Å². The zero-order valence-electron chi connectivity index (χ0n) is 24.0. The number of nitrogens with zero attached hydrogens (tertiary/aromatic N) is 2. The van der Waals surface area contributed by atoms with Crippen LogP contribution >= 0.6 is 0 Å². The summed E-state index contributed by atoms with van der Waals surface area (Å²) in [5.74, 6) is -0.166. The number of sulfonamides is 1. The third kappa shape index (κ3) is 7.41. The number of hydrogen-bond acceptors (Lipinski definition) is 5. The van der Waals surface area contributed by atoms with E-state index in [4.69, 9.17) is 4.74 Å². The van der Waals surface area contributed by atoms with Gasteiger partial charge >= 0.3 is 0 Å². The van der Waals surface area contributed by atoms with Crippen LogP contribution in [0, 0.1) is 13.8 Å². The maximum Gasteiger partial charge on any atom is 0.264 e. The summed E-state index contributed by atoms with van der Waals surface area (Å²) >= 11 is 0. The molecule has 1 unspecified atom stereocenters. The van der Waals surface area contributed by atoms with Crippen molar-refractivity contribution in [1.29, 1.82) is 0 Å². The number of carbonyl (C=O) groups is 2. The van der Waals surface area contributed by atoms with Gasteiger partial charge in [-0.1, -0.05) is 49.4 Å². The molecule has 214 valence electrons. The van der Waals surface area contributed by atoms with Gasteiger partial charge < -0.3 is 15.0 Å². The molecule has 0 saturated carbocycles. The van der Waals surface area contributed by atoms with Gasteiger partial charge in [0.15, 0.2) is 0 Å². The highest BCUT2D eigenvalue weighted by Crippen LogP contribution is 2.29. The molecule has 0 spiro atoms. The van der Waals surface area contributed by atoms with E-state index >= 15 is 0 Å². The Bertz CT molecular complexity index is 1420. The van der Waals surface area contributed by atoms with Crippen LogP contribution in [0.1, 0.15) is 43.9 Å². The van der Waals surface area contributed by atoms with Crippen molar-refractivity contribution in [3.05, 3.63) is 89.5 Å². The molecule has 0 bridgehead atoms. The first-order valence-corrected chi connectivity index (χ1v) is 14.8. The number of aryl methyl sites for hydroxylation is 2. The van der Waals surface area contributed by atoms with Crippen LogP contribution in [0.3, 0.4) is 0 Å². The fourth-order valence-electron chi connectivity index (χ4n) is 4.49. The fourth-order valence-corrected chi connectivity index (χ4v) is 5.98. The largest absolute Gasteiger partial charge is 0.497 e. The van der Waals surface area contributed by atoms with Crippen LogP contribution in [-0.4, -0.2) is 50.9 Å². The summed E-state index contributed by atoms with van der Waals surface area (Å²) in [6.07, 6.45) is 0.350. The molecule has 0 aliphatic carbocycles. The molecule has 1 atom stereocenters. The summed E-state index contributed by atoms with van der Waals surface area (Å²) in [7, 11) is -2.55. The molecule has 0 aromatic heterocycles. The van der Waals surface area contributed by atoms with Gasteiger partial charge in [0.25, 0.3) is 10.0 Å². The Hall–Kier alpha value is -3.85. The lowest BCUT2D eigenvalue weighted by Crippen LogP contribution is -2.53. The highest BCUT2D eigenvalue weighted by atomic mass is 32.2. The summed E-state index contributed by atoms with van der Waals surface area (Å²) in [5, 5.41) is 2.91. The number of methoxy groups -OCH3 is 1. The minimum Gasteiger partial charge on any atom is -0.497 e. The molecule has 0 aliphatic rings. The number of ether oxygens (including phenoxy) is 1. The van der Waals surface area contributed by atoms with E-state index in [1.54, 1.807) is 43.5 Å². The highest BCUT2D eigenvalue weighted by Gasteiger charge is 2.34. The normalized spacial score (nSPS) is 12.1. The van der Waals surface area contributed by atoms with Crippen LogP contribution in [-0.2, 0) is 26.2 Å². The van der Waals surface area contributed by atoms with Gasteiger partial charge in [0.2, 0.25) is 11.8 Å². The van der Waals surface area contributed by atoms with E-state index in [1.165, 1.54) is 17.0 Å². The van der Waals surface area contributed by atoms with Gasteiger partial charge in [0.05, 0.1) is 17.7 Å². The smallest absolute Gasteiger partial charge is 0.264 e. The lowest BCUT2D eigenvalue weighted by atomic mass is 10.1. The molecule has 2 amide bonds. The van der Waals surface area contributed by atoms with E-state index in [0.717, 1.165) is 15.4 Å². The molecular formula is C31H39N3O5S. The number of hydrogen-bond donors (Lipinski definition) is 1. The molecule has 0 aliphatic heterocycles. The predicted octanol–water partition coefficient (Wildman–Crippen LogP) is 4.84. The van der Waals surface area contributed by atoms with E-state index in [0.29, 0.717) is 23.4 Å². The van der Waals surface area contributed by atoms with Gasteiger partial charge in [0, 0.05) is 12.6 Å². The Kier molecular flexibility index (Phi) is 10.3. The topological polar surface area (TPSA) is 96.0 Å². The summed E-state index contributed by atoms with van der Waals surface area (Å²) in [6.45, 7) is 8.85. The average Bonchev–Trinajstić information content (AvgIpc) is 2.93. The summed E-state index contributed by atoms with van der Waals surface area (Å²) in [6, 6.07) is 19.9. The second-order valence-corrected chi connectivity index (χ2v) is 11.9. The monoisotopic (exact) mass is 565 g/mol. The quantitative estimate of drug-likeness (QED) is 0.339. The van der Waals surface area contributed by atoms with Crippen molar-refractivity contribution >= 4 is 27.5 Å². The molecule has 0 saturated heterocycles. The summed E-state index contributed by atoms with van der Waals surface area (Å²) in [5.41, 5.74) is 2.74. The van der Waals surface area contributed by atoms with Crippen LogP contribution in [0.25, 0.3) is 0 Å². The minimum absolute atomic E-state index is 0.0765. The molecule has 8 nitrogen and oxygen atoms in total. The van der Waals surface area contributed by atoms with Gasteiger partial charge in [-0.15, -0.1) is 0 Å². The average molecular weight is 566 g/mol. The zero-order chi connectivity index (χ0) is 29.4. The summed E-state index contributed by atoms with van der Waals surface area (Å²) in [4.78, 5) is 29.0. The molecule has 0 fully saturated rings. The van der Waals surface area contributed by atoms with Crippen molar-refractivity contribution in [3.8, 4) is 5.75 Å². The van der Waals surface area contributed by atoms with Crippen molar-refractivity contribution in [1.82, 2.24) is 10.2 Å². The lowest BCUT2D eigenvalue weighted by molar-refractivity contribution is -0.140. The number of anilines is 1. The van der Waals surface area contributed by atoms with Gasteiger partial charge in [0.1, 0.15) is 18.3 Å². The van der Waals surface area contributed by atoms with E-state index in [-0.39, 0.29) is 23.4 Å². The van der Waals surface area contributed by atoms with Crippen molar-refractivity contribution in [2.75, 3.05) is 18.0 Å². The molecular weight excluding hydrogens is 526 g/mol. The molecule has 9 heteroatoms. The maximum atomic E-state index is 14.2. The molecule has 0 heterocycles. The highest BCUT2D eigenvalue weighted by molar-refractivity contribution is 7.92. The van der Waals surface area contributed by atoms with E-state index in [2.05, 4.69) is 5.32 Å². The first kappa shape index (κ1) is 30.7. The van der Waals surface area contributed by atoms with Gasteiger partial charge in [-0.25, -0.2) is 8.42 Å². The van der Waals surface area contributed by atoms with E-state index < -0.39 is 28.5 Å². The Balaban J connectivity index is 2.10. The Morgan fingerprint density at radius 1 is 0.950 bits per heavy atom. The Morgan fingerprint density at radius 3 is 2.27 bits per heavy atom. The van der Waals surface area contributed by atoms with E-state index in [1.807, 2.05) is 58.9 Å². The van der Waals surface area contributed by atoms with E-state index in [9.17, 15) is 18.0 Å². The first-order valence-electron chi connectivity index (χ1n) is 13.4. The van der Waals surface area contributed by atoms with Gasteiger partial charge in [-0.3, -0.25) is 13.9 Å². The number of nitrogens with one attached hydrogen (secondary N) is 1. The molecule has 1 N–H and O–H groups in total. The van der Waals surface area contributed by atoms with Crippen LogP contribution < -0.4 is 14.4 Å². The van der Waals surface area contributed by atoms with Crippen molar-refractivity contribution in [2.24, 2.45) is 0 Å². The maximum absolute atomic E-state index is 14.2. The van der Waals surface area contributed by atoms with Gasteiger partial charge in [-0.2, -0.15) is 0 Å². The fraction of sp³-hybridized carbons (Fsp3) is 0.355. The molecule has 3 aromatic carbocycles. The third-order valence-electron chi connectivity index (χ3n) is 6.55. The second-order valence-electron chi connectivity index (χ2n) is 10.1. The van der Waals surface area contributed by atoms with Crippen molar-refractivity contribution < 1.29 is 22.7 Å². The lowest BCUT2D eigenvalue weighted by Gasteiger charge is -2.34. The van der Waals surface area contributed by atoms with Crippen molar-refractivity contribution in [2.45, 2.75) is 64.6 Å². The van der Waals surface area contributed by atoms with Gasteiger partial charge in [-0.05, 0) is 81.1 Å². The van der Waals surface area contributed by atoms with Crippen LogP contribution in [0.2, 0.25) is 0 Å². The molecule has 0 radical (unpaired) electrons. The molecule has 3 aromatic rings. The van der Waals surface area contributed by atoms with Crippen LogP contribution in [0.5, 0.6) is 5.75 Å². The van der Waals surface area contributed by atoms with Crippen LogP contribution in [0.15, 0.2) is 77.7 Å². The van der Waals surface area contributed by atoms with Crippen molar-refractivity contribution in [3.63, 3.8) is 0 Å². The third-order valence-corrected chi connectivity index (χ3v) is 8.32. The number of benzene rings is 3. The van der Waals surface area contributed by atoms with Crippen LogP contribution in [0.4, 0.5) is 5.69 Å². The molecule has 3 rings (SSSR count). The second kappa shape index (κ2) is 13.5. The SMILES string of the molecule is CCC(C(=O)NC(C)C)N(Cc1cccc(OC)c1)C(=O)CN(c1cc(C)ccc1C)S(=O)(=O)c1ccccc1. The number of amides is 2. The summed E-state index contributed by atoms with van der Waals surface area (Å²) < 4.78 is 34.5. The standard InChI is InChI=1S/C31H39N3O5S/c1-7-28(31(36)32-22(2)3)33(20-25-12-11-13-26(19-25)39-6)30(35)21-34(29-18-23(4)16-17-24(29)5)40(37,38)27-14-9-8-10-15-27/h8-19,22,28H,7,20-21H2,1-6H3,(H,32,36). The zero-order valence-corrected chi connectivity index (χ0v) is 24.9. The predicted molar refractivity (Wildman–Crippen MR) is 158 cm³/mol.